The van der Waals surface area contributed by atoms with Gasteiger partial charge in [-0.05, 0) is 34.0 Å². The van der Waals surface area contributed by atoms with Crippen LogP contribution >= 0.6 is 0 Å². The first-order chi connectivity index (χ1) is 6.05. The van der Waals surface area contributed by atoms with Gasteiger partial charge in [-0.3, -0.25) is 0 Å². The molecule has 1 aliphatic carbocycles. The predicted molar refractivity (Wildman–Crippen MR) is 51.2 cm³/mol. The number of rotatable bonds is 1. The summed E-state index contributed by atoms with van der Waals surface area (Å²) in [5.74, 6) is -2.38. The maximum Gasteiger partial charge on any atom is 0.248 e. The van der Waals surface area contributed by atoms with Gasteiger partial charge in [-0.15, -0.1) is 0 Å². The molecule has 0 amide bonds. The normalized spacial score (nSPS) is 21.9. The summed E-state index contributed by atoms with van der Waals surface area (Å²) >= 11 is 0. The standard InChI is InChI=1S/C7H13F2N.C2H7N/c1-10-6-2-4-7(8,9)5-3-6;1-3-2/h6,10H,2-5H2,1H3;3H,1-2H3. The van der Waals surface area contributed by atoms with E-state index in [4.69, 9.17) is 0 Å². The van der Waals surface area contributed by atoms with Crippen LogP contribution in [-0.2, 0) is 0 Å². The Hall–Kier alpha value is -0.220. The number of alkyl halides is 2. The van der Waals surface area contributed by atoms with Gasteiger partial charge in [0.2, 0.25) is 5.92 Å². The molecule has 0 bridgehead atoms. The molecular formula is C9H20F2N2. The average Bonchev–Trinajstić information content (AvgIpc) is 2.06. The van der Waals surface area contributed by atoms with Gasteiger partial charge in [0.1, 0.15) is 0 Å². The molecule has 0 heterocycles. The zero-order valence-corrected chi connectivity index (χ0v) is 8.66. The van der Waals surface area contributed by atoms with Gasteiger partial charge in [-0.2, -0.15) is 0 Å². The Morgan fingerprint density at radius 2 is 1.46 bits per heavy atom. The molecule has 1 fully saturated rings. The van der Waals surface area contributed by atoms with Gasteiger partial charge in [0.05, 0.1) is 0 Å². The lowest BCUT2D eigenvalue weighted by Crippen LogP contribution is -2.34. The molecule has 0 aromatic carbocycles. The van der Waals surface area contributed by atoms with Crippen LogP contribution in [0.1, 0.15) is 25.7 Å². The van der Waals surface area contributed by atoms with Crippen LogP contribution < -0.4 is 10.6 Å². The van der Waals surface area contributed by atoms with Crippen LogP contribution in [0.25, 0.3) is 0 Å². The molecule has 0 radical (unpaired) electrons. The van der Waals surface area contributed by atoms with E-state index in [9.17, 15) is 8.78 Å². The summed E-state index contributed by atoms with van der Waals surface area (Å²) in [5.41, 5.74) is 0. The summed E-state index contributed by atoms with van der Waals surface area (Å²) in [6.45, 7) is 0. The summed E-state index contributed by atoms with van der Waals surface area (Å²) in [7, 11) is 5.58. The first kappa shape index (κ1) is 12.8. The molecule has 0 atom stereocenters. The second kappa shape index (κ2) is 6.27. The lowest BCUT2D eigenvalue weighted by atomic mass is 9.92. The van der Waals surface area contributed by atoms with Gasteiger partial charge >= 0.3 is 0 Å². The Kier molecular flexibility index (Phi) is 6.16. The van der Waals surface area contributed by atoms with E-state index in [0.717, 1.165) is 0 Å². The summed E-state index contributed by atoms with van der Waals surface area (Å²) in [4.78, 5) is 0. The lowest BCUT2D eigenvalue weighted by Gasteiger charge is -2.27. The Labute approximate surface area is 79.1 Å². The molecule has 80 valence electrons. The molecule has 13 heavy (non-hydrogen) atoms. The molecule has 2 nitrogen and oxygen atoms in total. The van der Waals surface area contributed by atoms with Gasteiger partial charge < -0.3 is 10.6 Å². The van der Waals surface area contributed by atoms with E-state index in [0.29, 0.717) is 18.9 Å². The quantitative estimate of drug-likeness (QED) is 0.663. The van der Waals surface area contributed by atoms with Crippen LogP contribution in [0.5, 0.6) is 0 Å². The summed E-state index contributed by atoms with van der Waals surface area (Å²) in [6, 6.07) is 0.319. The third-order valence-corrected chi connectivity index (χ3v) is 2.13. The van der Waals surface area contributed by atoms with E-state index >= 15 is 0 Å². The fraction of sp³-hybridized carbons (Fsp3) is 1.00. The second-order valence-corrected chi connectivity index (χ2v) is 3.42. The smallest absolute Gasteiger partial charge is 0.248 e. The predicted octanol–water partition coefficient (Wildman–Crippen LogP) is 1.62. The minimum Gasteiger partial charge on any atom is -0.323 e. The molecule has 0 aromatic heterocycles. The van der Waals surface area contributed by atoms with Crippen molar-refractivity contribution in [1.82, 2.24) is 10.6 Å². The minimum absolute atomic E-state index is 0.0541. The van der Waals surface area contributed by atoms with Crippen molar-refractivity contribution in [2.75, 3.05) is 21.1 Å². The van der Waals surface area contributed by atoms with Crippen molar-refractivity contribution < 1.29 is 8.78 Å². The summed E-state index contributed by atoms with van der Waals surface area (Å²) in [6.07, 6.45) is 1.34. The number of nitrogens with one attached hydrogen (secondary N) is 2. The number of hydrogen-bond donors (Lipinski definition) is 2. The first-order valence-electron chi connectivity index (χ1n) is 4.69. The number of hydrogen-bond acceptors (Lipinski definition) is 2. The van der Waals surface area contributed by atoms with Crippen molar-refractivity contribution in [2.24, 2.45) is 0 Å². The summed E-state index contributed by atoms with van der Waals surface area (Å²) < 4.78 is 25.0. The van der Waals surface area contributed by atoms with Crippen LogP contribution in [0.4, 0.5) is 8.78 Å². The van der Waals surface area contributed by atoms with Gasteiger partial charge in [0.25, 0.3) is 0 Å². The maximum absolute atomic E-state index is 12.5. The highest BCUT2D eigenvalue weighted by molar-refractivity contribution is 4.80. The molecule has 0 saturated heterocycles. The molecule has 1 aliphatic rings. The van der Waals surface area contributed by atoms with Crippen LogP contribution in [0.15, 0.2) is 0 Å². The third-order valence-electron chi connectivity index (χ3n) is 2.13. The van der Waals surface area contributed by atoms with Crippen molar-refractivity contribution in [1.29, 1.82) is 0 Å². The molecular weight excluding hydrogens is 174 g/mol. The van der Waals surface area contributed by atoms with Crippen molar-refractivity contribution in [2.45, 2.75) is 37.6 Å². The molecule has 0 unspecified atom stereocenters. The van der Waals surface area contributed by atoms with E-state index in [1.807, 2.05) is 21.1 Å². The van der Waals surface area contributed by atoms with Gasteiger partial charge in [-0.25, -0.2) is 8.78 Å². The SMILES string of the molecule is CNC.CNC1CCC(F)(F)CC1. The van der Waals surface area contributed by atoms with Crippen LogP contribution in [0.3, 0.4) is 0 Å². The zero-order chi connectivity index (χ0) is 10.3. The Balaban J connectivity index is 0.000000424. The van der Waals surface area contributed by atoms with E-state index in [-0.39, 0.29) is 12.8 Å². The van der Waals surface area contributed by atoms with E-state index < -0.39 is 5.92 Å². The van der Waals surface area contributed by atoms with E-state index in [1.165, 1.54) is 0 Å². The fourth-order valence-corrected chi connectivity index (χ4v) is 1.33. The van der Waals surface area contributed by atoms with Crippen LogP contribution in [0.2, 0.25) is 0 Å². The van der Waals surface area contributed by atoms with Crippen molar-refractivity contribution >= 4 is 0 Å². The monoisotopic (exact) mass is 194 g/mol. The Morgan fingerprint density at radius 1 is 1.08 bits per heavy atom. The highest BCUT2D eigenvalue weighted by Gasteiger charge is 2.34. The van der Waals surface area contributed by atoms with Crippen molar-refractivity contribution in [3.05, 3.63) is 0 Å². The minimum atomic E-state index is -2.38. The van der Waals surface area contributed by atoms with Gasteiger partial charge in [0, 0.05) is 18.9 Å². The molecule has 2 N–H and O–H groups in total. The largest absolute Gasteiger partial charge is 0.323 e. The van der Waals surface area contributed by atoms with Crippen molar-refractivity contribution in [3.63, 3.8) is 0 Å². The first-order valence-corrected chi connectivity index (χ1v) is 4.69. The Bertz CT molecular complexity index is 119. The summed E-state index contributed by atoms with van der Waals surface area (Å²) in [5, 5.41) is 5.76. The fourth-order valence-electron chi connectivity index (χ4n) is 1.33. The topological polar surface area (TPSA) is 24.1 Å². The van der Waals surface area contributed by atoms with Gasteiger partial charge in [0.15, 0.2) is 0 Å². The molecule has 4 heteroatoms. The third kappa shape index (κ3) is 5.93. The van der Waals surface area contributed by atoms with Gasteiger partial charge in [-0.1, -0.05) is 0 Å². The van der Waals surface area contributed by atoms with Crippen molar-refractivity contribution in [3.8, 4) is 0 Å². The molecule has 1 rings (SSSR count). The lowest BCUT2D eigenvalue weighted by molar-refractivity contribution is -0.0398. The average molecular weight is 194 g/mol. The number of halogens is 2. The maximum atomic E-state index is 12.5. The molecule has 0 aliphatic heterocycles. The highest BCUT2D eigenvalue weighted by Crippen LogP contribution is 2.32. The van der Waals surface area contributed by atoms with E-state index in [2.05, 4.69) is 10.6 Å². The molecule has 0 aromatic rings. The molecule has 1 saturated carbocycles. The molecule has 0 spiro atoms. The van der Waals surface area contributed by atoms with Crippen LogP contribution in [0, 0.1) is 0 Å². The Morgan fingerprint density at radius 3 is 1.77 bits per heavy atom. The zero-order valence-electron chi connectivity index (χ0n) is 8.66. The highest BCUT2D eigenvalue weighted by atomic mass is 19.3. The second-order valence-electron chi connectivity index (χ2n) is 3.42. The van der Waals surface area contributed by atoms with Crippen LogP contribution in [-0.4, -0.2) is 33.1 Å². The van der Waals surface area contributed by atoms with E-state index in [1.54, 1.807) is 0 Å².